The summed E-state index contributed by atoms with van der Waals surface area (Å²) >= 11 is 5.94. The topological polar surface area (TPSA) is 29.9 Å². The largest absolute Gasteiger partial charge is 0.321 e. The molecule has 0 saturated carbocycles. The minimum atomic E-state index is 0.698. The Morgan fingerprint density at radius 3 is 2.32 bits per heavy atom. The summed E-state index contributed by atoms with van der Waals surface area (Å²) in [7, 11) is 1.95. The van der Waals surface area contributed by atoms with E-state index in [-0.39, 0.29) is 0 Å². The van der Waals surface area contributed by atoms with E-state index < -0.39 is 0 Å². The fourth-order valence-corrected chi connectivity index (χ4v) is 2.32. The van der Waals surface area contributed by atoms with E-state index in [2.05, 4.69) is 17.2 Å². The average Bonchev–Trinajstić information content (AvgIpc) is 2.73. The lowest BCUT2D eigenvalue weighted by atomic mass is 10.1. The van der Waals surface area contributed by atoms with Crippen molar-refractivity contribution in [3.63, 3.8) is 0 Å². The van der Waals surface area contributed by atoms with Crippen LogP contribution in [0.2, 0.25) is 5.15 Å². The Balaban J connectivity index is 1.90. The highest BCUT2D eigenvalue weighted by molar-refractivity contribution is 6.29. The predicted octanol–water partition coefficient (Wildman–Crippen LogP) is 4.30. The minimum absolute atomic E-state index is 0.698. The van der Waals surface area contributed by atoms with Crippen molar-refractivity contribution in [2.75, 3.05) is 6.54 Å². The second-order valence-corrected chi connectivity index (χ2v) is 5.60. The third kappa shape index (κ3) is 6.98. The van der Waals surface area contributed by atoms with Gasteiger partial charge >= 0.3 is 0 Å². The first kappa shape index (κ1) is 16.5. The van der Waals surface area contributed by atoms with Gasteiger partial charge in [-0.05, 0) is 13.0 Å². The molecule has 1 aromatic rings. The van der Waals surface area contributed by atoms with E-state index in [1.807, 2.05) is 11.6 Å². The van der Waals surface area contributed by atoms with Gasteiger partial charge in [0.15, 0.2) is 0 Å². The molecule has 3 nitrogen and oxygen atoms in total. The van der Waals surface area contributed by atoms with Crippen LogP contribution >= 0.6 is 11.6 Å². The van der Waals surface area contributed by atoms with E-state index in [0.29, 0.717) is 5.15 Å². The molecule has 4 heteroatoms. The van der Waals surface area contributed by atoms with Crippen LogP contribution in [0.1, 0.15) is 64.1 Å². The Kier molecular flexibility index (Phi) is 8.93. The fourth-order valence-electron chi connectivity index (χ4n) is 2.17. The van der Waals surface area contributed by atoms with Crippen LogP contribution in [0.25, 0.3) is 0 Å². The monoisotopic (exact) mass is 285 g/mol. The highest BCUT2D eigenvalue weighted by Crippen LogP contribution is 2.09. The van der Waals surface area contributed by atoms with Crippen molar-refractivity contribution in [3.8, 4) is 0 Å². The molecule has 1 N–H and O–H groups in total. The van der Waals surface area contributed by atoms with Gasteiger partial charge in [0.25, 0.3) is 0 Å². The van der Waals surface area contributed by atoms with Gasteiger partial charge in [0.05, 0.1) is 12.7 Å². The van der Waals surface area contributed by atoms with Crippen molar-refractivity contribution >= 4 is 11.6 Å². The number of nitrogens with one attached hydrogen (secondary N) is 1. The van der Waals surface area contributed by atoms with E-state index in [1.54, 1.807) is 6.20 Å². The van der Waals surface area contributed by atoms with Gasteiger partial charge in [0.1, 0.15) is 11.0 Å². The SMILES string of the molecule is CCCCCCCCCCNCc1ncc(Cl)n1C. The van der Waals surface area contributed by atoms with Gasteiger partial charge in [-0.25, -0.2) is 4.98 Å². The lowest BCUT2D eigenvalue weighted by molar-refractivity contribution is 0.548. The van der Waals surface area contributed by atoms with Crippen molar-refractivity contribution < 1.29 is 0 Å². The molecule has 0 radical (unpaired) electrons. The van der Waals surface area contributed by atoms with E-state index >= 15 is 0 Å². The number of rotatable bonds is 11. The lowest BCUT2D eigenvalue weighted by Crippen LogP contribution is -2.17. The first-order chi connectivity index (χ1) is 9.25. The molecular formula is C15H28ClN3. The van der Waals surface area contributed by atoms with Gasteiger partial charge in [0.2, 0.25) is 0 Å². The normalized spacial score (nSPS) is 11.1. The molecule has 0 aliphatic rings. The zero-order valence-electron chi connectivity index (χ0n) is 12.4. The van der Waals surface area contributed by atoms with E-state index in [0.717, 1.165) is 18.9 Å². The summed E-state index contributed by atoms with van der Waals surface area (Å²) in [5.41, 5.74) is 0. The average molecular weight is 286 g/mol. The van der Waals surface area contributed by atoms with Gasteiger partial charge in [-0.15, -0.1) is 0 Å². The van der Waals surface area contributed by atoms with Gasteiger partial charge in [-0.3, -0.25) is 0 Å². The summed E-state index contributed by atoms with van der Waals surface area (Å²) in [5, 5.41) is 4.12. The summed E-state index contributed by atoms with van der Waals surface area (Å²) in [6.07, 6.45) is 12.6. The van der Waals surface area contributed by atoms with E-state index in [4.69, 9.17) is 11.6 Å². The summed E-state index contributed by atoms with van der Waals surface area (Å²) < 4.78 is 1.92. The third-order valence-electron chi connectivity index (χ3n) is 3.52. The number of nitrogens with zero attached hydrogens (tertiary/aromatic N) is 2. The molecule has 0 fully saturated rings. The smallest absolute Gasteiger partial charge is 0.128 e. The quantitative estimate of drug-likeness (QED) is 0.614. The second-order valence-electron chi connectivity index (χ2n) is 5.21. The van der Waals surface area contributed by atoms with Crippen molar-refractivity contribution in [2.24, 2.45) is 7.05 Å². The highest BCUT2D eigenvalue weighted by Gasteiger charge is 2.02. The van der Waals surface area contributed by atoms with Gasteiger partial charge in [-0.2, -0.15) is 0 Å². The fraction of sp³-hybridized carbons (Fsp3) is 0.800. The van der Waals surface area contributed by atoms with E-state index in [9.17, 15) is 0 Å². The Morgan fingerprint density at radius 1 is 1.11 bits per heavy atom. The van der Waals surface area contributed by atoms with Crippen molar-refractivity contribution in [1.82, 2.24) is 14.9 Å². The summed E-state index contributed by atoms with van der Waals surface area (Å²) in [6.45, 7) is 4.14. The predicted molar refractivity (Wildman–Crippen MR) is 82.5 cm³/mol. The number of hydrogen-bond acceptors (Lipinski definition) is 2. The molecule has 110 valence electrons. The number of halogens is 1. The maximum atomic E-state index is 5.94. The summed E-state index contributed by atoms with van der Waals surface area (Å²) in [5.74, 6) is 1.00. The van der Waals surface area contributed by atoms with Crippen molar-refractivity contribution in [3.05, 3.63) is 17.2 Å². The van der Waals surface area contributed by atoms with Crippen LogP contribution in [0, 0.1) is 0 Å². The molecule has 0 amide bonds. The standard InChI is InChI=1S/C15H28ClN3/c1-3-4-5-6-7-8-9-10-11-17-13-15-18-12-14(16)19(15)2/h12,17H,3-11,13H2,1-2H3. The third-order valence-corrected chi connectivity index (χ3v) is 3.87. The molecule has 0 spiro atoms. The van der Waals surface area contributed by atoms with Crippen LogP contribution in [0.3, 0.4) is 0 Å². The molecule has 0 atom stereocenters. The van der Waals surface area contributed by atoms with Gasteiger partial charge in [-0.1, -0.05) is 63.5 Å². The van der Waals surface area contributed by atoms with Crippen molar-refractivity contribution in [1.29, 1.82) is 0 Å². The highest BCUT2D eigenvalue weighted by atomic mass is 35.5. The first-order valence-electron chi connectivity index (χ1n) is 7.62. The van der Waals surface area contributed by atoms with Crippen LogP contribution < -0.4 is 5.32 Å². The molecule has 0 aromatic carbocycles. The lowest BCUT2D eigenvalue weighted by Gasteiger charge is -2.05. The van der Waals surface area contributed by atoms with Crippen LogP contribution in [0.5, 0.6) is 0 Å². The summed E-state index contributed by atoms with van der Waals surface area (Å²) in [6, 6.07) is 0. The molecule has 19 heavy (non-hydrogen) atoms. The maximum Gasteiger partial charge on any atom is 0.128 e. The van der Waals surface area contributed by atoms with Crippen LogP contribution in [-0.4, -0.2) is 16.1 Å². The van der Waals surface area contributed by atoms with Gasteiger partial charge in [0, 0.05) is 7.05 Å². The van der Waals surface area contributed by atoms with Crippen LogP contribution in [0.15, 0.2) is 6.20 Å². The molecular weight excluding hydrogens is 258 g/mol. The zero-order chi connectivity index (χ0) is 13.9. The molecule has 0 unspecified atom stereocenters. The maximum absolute atomic E-state index is 5.94. The summed E-state index contributed by atoms with van der Waals surface area (Å²) in [4.78, 5) is 4.26. The Labute approximate surface area is 122 Å². The molecule has 1 aromatic heterocycles. The second kappa shape index (κ2) is 10.3. The van der Waals surface area contributed by atoms with Crippen LogP contribution in [-0.2, 0) is 13.6 Å². The Bertz CT molecular complexity index is 336. The Morgan fingerprint density at radius 2 is 1.74 bits per heavy atom. The number of imidazole rings is 1. The molecule has 0 bridgehead atoms. The van der Waals surface area contributed by atoms with E-state index in [1.165, 1.54) is 51.4 Å². The molecule has 1 rings (SSSR count). The van der Waals surface area contributed by atoms with Gasteiger partial charge < -0.3 is 9.88 Å². The molecule has 0 aliphatic heterocycles. The Hall–Kier alpha value is -0.540. The first-order valence-corrected chi connectivity index (χ1v) is 8.00. The zero-order valence-corrected chi connectivity index (χ0v) is 13.2. The molecule has 1 heterocycles. The number of hydrogen-bond donors (Lipinski definition) is 1. The van der Waals surface area contributed by atoms with Crippen LogP contribution in [0.4, 0.5) is 0 Å². The number of aromatic nitrogens is 2. The number of unbranched alkanes of at least 4 members (excludes halogenated alkanes) is 7. The van der Waals surface area contributed by atoms with Crippen molar-refractivity contribution in [2.45, 2.75) is 64.8 Å². The molecule has 0 aliphatic carbocycles. The minimum Gasteiger partial charge on any atom is -0.321 e. The molecule has 0 saturated heterocycles.